The SMILES string of the molecule is COc1c[nH]c(C(=O)NCc2cccnc2Oc2ccc(C)nc2)cc1=O. The number of nitrogens with one attached hydrogen (secondary N) is 2. The number of methoxy groups -OCH3 is 1. The van der Waals surface area contributed by atoms with E-state index in [1.54, 1.807) is 30.6 Å². The van der Waals surface area contributed by atoms with E-state index in [9.17, 15) is 9.59 Å². The predicted octanol–water partition coefficient (Wildman–Crippen LogP) is 2.20. The quantitative estimate of drug-likeness (QED) is 0.693. The van der Waals surface area contributed by atoms with Crippen LogP contribution in [0, 0.1) is 6.92 Å². The van der Waals surface area contributed by atoms with E-state index in [1.807, 2.05) is 13.0 Å². The number of aryl methyl sites for hydroxylation is 1. The molecule has 8 heteroatoms. The van der Waals surface area contributed by atoms with Crippen LogP contribution in [0.3, 0.4) is 0 Å². The smallest absolute Gasteiger partial charge is 0.268 e. The number of carbonyl (C=O) groups is 1. The van der Waals surface area contributed by atoms with Crippen molar-refractivity contribution in [2.75, 3.05) is 7.11 Å². The molecule has 0 saturated heterocycles. The number of H-pyrrole nitrogens is 1. The first kappa shape index (κ1) is 18.1. The Bertz CT molecular complexity index is 999. The van der Waals surface area contributed by atoms with Gasteiger partial charge in [-0.1, -0.05) is 6.07 Å². The molecule has 138 valence electrons. The van der Waals surface area contributed by atoms with Crippen molar-refractivity contribution in [1.29, 1.82) is 0 Å². The third-order valence-electron chi connectivity index (χ3n) is 3.73. The molecule has 0 bridgehead atoms. The van der Waals surface area contributed by atoms with E-state index in [0.717, 1.165) is 5.69 Å². The highest BCUT2D eigenvalue weighted by Gasteiger charge is 2.12. The Morgan fingerprint density at radius 3 is 2.81 bits per heavy atom. The molecule has 3 heterocycles. The van der Waals surface area contributed by atoms with E-state index in [1.165, 1.54) is 19.4 Å². The zero-order valence-electron chi connectivity index (χ0n) is 14.9. The van der Waals surface area contributed by atoms with E-state index < -0.39 is 5.91 Å². The van der Waals surface area contributed by atoms with Crippen LogP contribution in [-0.4, -0.2) is 28.0 Å². The molecule has 0 radical (unpaired) electrons. The minimum atomic E-state index is -0.429. The molecule has 2 N–H and O–H groups in total. The molecule has 3 rings (SSSR count). The van der Waals surface area contributed by atoms with Crippen molar-refractivity contribution in [3.63, 3.8) is 0 Å². The Hall–Kier alpha value is -3.68. The standard InChI is InChI=1S/C19H18N4O4/c1-12-5-6-14(10-21-12)27-19-13(4-3-7-20-19)9-23-18(25)15-8-16(24)17(26-2)11-22-15/h3-8,10-11H,9H2,1-2H3,(H,22,24)(H,23,25). The van der Waals surface area contributed by atoms with Crippen molar-refractivity contribution in [3.8, 4) is 17.4 Å². The highest BCUT2D eigenvalue weighted by Crippen LogP contribution is 2.22. The van der Waals surface area contributed by atoms with Crippen LogP contribution in [0.15, 0.2) is 53.7 Å². The molecule has 0 atom stereocenters. The summed E-state index contributed by atoms with van der Waals surface area (Å²) in [5.41, 5.74) is 1.32. The molecule has 0 aliphatic rings. The molecule has 0 unspecified atom stereocenters. The second kappa shape index (κ2) is 8.13. The number of aromatic nitrogens is 3. The first-order chi connectivity index (χ1) is 13.1. The number of hydrogen-bond donors (Lipinski definition) is 2. The van der Waals surface area contributed by atoms with Crippen molar-refractivity contribution >= 4 is 5.91 Å². The van der Waals surface area contributed by atoms with Crippen molar-refractivity contribution in [2.24, 2.45) is 0 Å². The number of carbonyl (C=O) groups excluding carboxylic acids is 1. The normalized spacial score (nSPS) is 10.3. The summed E-state index contributed by atoms with van der Waals surface area (Å²) in [4.78, 5) is 35.2. The monoisotopic (exact) mass is 366 g/mol. The van der Waals surface area contributed by atoms with Gasteiger partial charge in [-0.05, 0) is 25.1 Å². The zero-order chi connectivity index (χ0) is 19.2. The summed E-state index contributed by atoms with van der Waals surface area (Å²) >= 11 is 0. The van der Waals surface area contributed by atoms with Gasteiger partial charge < -0.3 is 19.8 Å². The minimum absolute atomic E-state index is 0.134. The lowest BCUT2D eigenvalue weighted by atomic mass is 10.2. The van der Waals surface area contributed by atoms with Gasteiger partial charge >= 0.3 is 0 Å². The van der Waals surface area contributed by atoms with Crippen molar-refractivity contribution in [1.82, 2.24) is 20.3 Å². The second-order valence-electron chi connectivity index (χ2n) is 5.67. The maximum absolute atomic E-state index is 12.3. The average Bonchev–Trinajstić information content (AvgIpc) is 2.68. The fourth-order valence-electron chi connectivity index (χ4n) is 2.30. The van der Waals surface area contributed by atoms with Crippen molar-refractivity contribution in [3.05, 3.63) is 76.1 Å². The molecule has 1 amide bonds. The molecule has 0 saturated carbocycles. The van der Waals surface area contributed by atoms with Crippen LogP contribution in [0.25, 0.3) is 0 Å². The van der Waals surface area contributed by atoms with Crippen LogP contribution in [0.1, 0.15) is 21.7 Å². The molecule has 0 aliphatic heterocycles. The molecule has 0 aliphatic carbocycles. The number of pyridine rings is 3. The molecular weight excluding hydrogens is 348 g/mol. The molecule has 3 aromatic rings. The number of aromatic amines is 1. The lowest BCUT2D eigenvalue weighted by molar-refractivity contribution is 0.0945. The summed E-state index contributed by atoms with van der Waals surface area (Å²) in [7, 11) is 1.39. The van der Waals surface area contributed by atoms with Gasteiger partial charge in [0.25, 0.3) is 5.91 Å². The maximum Gasteiger partial charge on any atom is 0.268 e. The van der Waals surface area contributed by atoms with Crippen LogP contribution < -0.4 is 20.2 Å². The molecule has 0 spiro atoms. The van der Waals surface area contributed by atoms with Crippen LogP contribution in [0.2, 0.25) is 0 Å². The van der Waals surface area contributed by atoms with Gasteiger partial charge in [-0.3, -0.25) is 14.6 Å². The van der Waals surface area contributed by atoms with E-state index in [-0.39, 0.29) is 23.4 Å². The van der Waals surface area contributed by atoms with Gasteiger partial charge in [-0.2, -0.15) is 0 Å². The van der Waals surface area contributed by atoms with Gasteiger partial charge in [0.05, 0.1) is 13.3 Å². The third-order valence-corrected chi connectivity index (χ3v) is 3.73. The van der Waals surface area contributed by atoms with Gasteiger partial charge in [-0.25, -0.2) is 4.98 Å². The second-order valence-corrected chi connectivity index (χ2v) is 5.67. The summed E-state index contributed by atoms with van der Waals surface area (Å²) in [6, 6.07) is 8.35. The zero-order valence-corrected chi connectivity index (χ0v) is 14.9. The summed E-state index contributed by atoms with van der Waals surface area (Å²) in [5.74, 6) is 0.626. The summed E-state index contributed by atoms with van der Waals surface area (Å²) < 4.78 is 10.6. The molecule has 0 aromatic carbocycles. The average molecular weight is 366 g/mol. The molecule has 27 heavy (non-hydrogen) atoms. The summed E-state index contributed by atoms with van der Waals surface area (Å²) in [6.07, 6.45) is 4.55. The van der Waals surface area contributed by atoms with Crippen LogP contribution in [0.5, 0.6) is 17.4 Å². The molecule has 0 fully saturated rings. The van der Waals surface area contributed by atoms with E-state index >= 15 is 0 Å². The van der Waals surface area contributed by atoms with E-state index in [0.29, 0.717) is 17.2 Å². The lowest BCUT2D eigenvalue weighted by Crippen LogP contribution is -2.25. The van der Waals surface area contributed by atoms with E-state index in [2.05, 4.69) is 20.3 Å². The van der Waals surface area contributed by atoms with Crippen LogP contribution in [-0.2, 0) is 6.54 Å². The van der Waals surface area contributed by atoms with Gasteiger partial charge in [-0.15, -0.1) is 0 Å². The Labute approximate surface area is 155 Å². The summed E-state index contributed by atoms with van der Waals surface area (Å²) in [5, 5.41) is 2.73. The van der Waals surface area contributed by atoms with Crippen LogP contribution in [0.4, 0.5) is 0 Å². The Morgan fingerprint density at radius 1 is 1.26 bits per heavy atom. The fourth-order valence-corrected chi connectivity index (χ4v) is 2.30. The number of amides is 1. The first-order valence-electron chi connectivity index (χ1n) is 8.16. The van der Waals surface area contributed by atoms with E-state index in [4.69, 9.17) is 9.47 Å². The van der Waals surface area contributed by atoms with Gasteiger partial charge in [0.15, 0.2) is 5.75 Å². The third kappa shape index (κ3) is 4.49. The number of rotatable bonds is 6. The molecule has 8 nitrogen and oxygen atoms in total. The number of ether oxygens (including phenoxy) is 2. The highest BCUT2D eigenvalue weighted by molar-refractivity contribution is 5.92. The lowest BCUT2D eigenvalue weighted by Gasteiger charge is -2.11. The minimum Gasteiger partial charge on any atom is -0.491 e. The van der Waals surface area contributed by atoms with Gasteiger partial charge in [0.2, 0.25) is 11.3 Å². The fraction of sp³-hybridized carbons (Fsp3) is 0.158. The highest BCUT2D eigenvalue weighted by atomic mass is 16.5. The predicted molar refractivity (Wildman–Crippen MR) is 98.1 cm³/mol. The molecular formula is C19H18N4O4. The Balaban J connectivity index is 1.71. The first-order valence-corrected chi connectivity index (χ1v) is 8.16. The van der Waals surface area contributed by atoms with Crippen molar-refractivity contribution in [2.45, 2.75) is 13.5 Å². The maximum atomic E-state index is 12.3. The van der Waals surface area contributed by atoms with Crippen molar-refractivity contribution < 1.29 is 14.3 Å². The van der Waals surface area contributed by atoms with Gasteiger partial charge in [0.1, 0.15) is 11.4 Å². The molecule has 3 aromatic heterocycles. The van der Waals surface area contributed by atoms with Crippen LogP contribution >= 0.6 is 0 Å². The topological polar surface area (TPSA) is 106 Å². The van der Waals surface area contributed by atoms with Gasteiger partial charge in [0, 0.05) is 36.3 Å². The number of nitrogens with zero attached hydrogens (tertiary/aromatic N) is 2. The largest absolute Gasteiger partial charge is 0.491 e. The summed E-state index contributed by atoms with van der Waals surface area (Å²) in [6.45, 7) is 2.06. The Morgan fingerprint density at radius 2 is 2.11 bits per heavy atom. The Kier molecular flexibility index (Phi) is 5.46. The number of hydrogen-bond acceptors (Lipinski definition) is 6.